The van der Waals surface area contributed by atoms with Crippen LogP contribution < -0.4 is 5.32 Å². The normalized spacial score (nSPS) is 23.1. The maximum Gasteiger partial charge on any atom is 0.269 e. The Labute approximate surface area is 130 Å². The summed E-state index contributed by atoms with van der Waals surface area (Å²) >= 11 is 1.93. The van der Waals surface area contributed by atoms with Crippen LogP contribution in [0.15, 0.2) is 24.3 Å². The molecule has 1 aliphatic rings. The summed E-state index contributed by atoms with van der Waals surface area (Å²) in [6, 6.07) is 7.81. The molecule has 0 radical (unpaired) electrons. The molecular weight excluding hydrogens is 284 g/mol. The smallest absolute Gasteiger partial charge is 0.269 e. The summed E-state index contributed by atoms with van der Waals surface area (Å²) in [5, 5.41) is 15.4. The van der Waals surface area contributed by atoms with Crippen molar-refractivity contribution in [3.05, 3.63) is 39.9 Å². The van der Waals surface area contributed by atoms with E-state index in [0.29, 0.717) is 11.3 Å². The molecule has 0 bridgehead atoms. The van der Waals surface area contributed by atoms with Crippen molar-refractivity contribution in [1.29, 1.82) is 0 Å². The third kappa shape index (κ3) is 4.20. The Hall–Kier alpha value is -1.07. The average Bonchev–Trinajstić information content (AvgIpc) is 2.94. The van der Waals surface area contributed by atoms with E-state index in [1.165, 1.54) is 19.3 Å². The van der Waals surface area contributed by atoms with E-state index >= 15 is 0 Å². The molecule has 0 heterocycles. The molecule has 2 rings (SSSR count). The summed E-state index contributed by atoms with van der Waals surface area (Å²) in [6.07, 6.45) is 8.01. The van der Waals surface area contributed by atoms with E-state index < -0.39 is 0 Å². The Morgan fingerprint density at radius 2 is 2.29 bits per heavy atom. The van der Waals surface area contributed by atoms with Crippen LogP contribution >= 0.6 is 11.8 Å². The second-order valence-electron chi connectivity index (χ2n) is 5.67. The van der Waals surface area contributed by atoms with E-state index in [0.717, 1.165) is 18.4 Å². The van der Waals surface area contributed by atoms with Crippen LogP contribution in [0.4, 0.5) is 5.69 Å². The summed E-state index contributed by atoms with van der Waals surface area (Å²) in [7, 11) is 0. The lowest BCUT2D eigenvalue weighted by molar-refractivity contribution is -0.384. The first-order valence-electron chi connectivity index (χ1n) is 7.69. The van der Waals surface area contributed by atoms with E-state index in [-0.39, 0.29) is 16.7 Å². The first-order valence-corrected chi connectivity index (χ1v) is 8.97. The molecule has 3 unspecified atom stereocenters. The van der Waals surface area contributed by atoms with E-state index in [1.54, 1.807) is 18.2 Å². The molecule has 1 N–H and O–H groups in total. The first kappa shape index (κ1) is 16.3. The first-order chi connectivity index (χ1) is 10.2. The Morgan fingerprint density at radius 1 is 1.48 bits per heavy atom. The standard InChI is InChI=1S/C16H24N2O2S/c1-3-6-14(17-15-9-5-10-16(15)21-2)12-7-4-8-13(11-12)18(19)20/h4,7-8,11,14-17H,3,5-6,9-10H2,1-2H3. The van der Waals surface area contributed by atoms with Crippen molar-refractivity contribution in [2.75, 3.05) is 6.26 Å². The van der Waals surface area contributed by atoms with E-state index in [4.69, 9.17) is 0 Å². The van der Waals surface area contributed by atoms with Crippen molar-refractivity contribution in [2.24, 2.45) is 0 Å². The SMILES string of the molecule is CCCC(NC1CCCC1SC)c1cccc([N+](=O)[O-])c1. The topological polar surface area (TPSA) is 55.2 Å². The Kier molecular flexibility index (Phi) is 6.06. The molecule has 1 aliphatic carbocycles. The summed E-state index contributed by atoms with van der Waals surface area (Å²) in [5.74, 6) is 0. The highest BCUT2D eigenvalue weighted by atomic mass is 32.2. The summed E-state index contributed by atoms with van der Waals surface area (Å²) in [4.78, 5) is 10.6. The molecule has 0 amide bonds. The zero-order valence-corrected chi connectivity index (χ0v) is 13.6. The van der Waals surface area contributed by atoms with Gasteiger partial charge in [0.25, 0.3) is 5.69 Å². The molecule has 0 aliphatic heterocycles. The largest absolute Gasteiger partial charge is 0.306 e. The van der Waals surface area contributed by atoms with Gasteiger partial charge in [0, 0.05) is 29.5 Å². The minimum atomic E-state index is -0.313. The van der Waals surface area contributed by atoms with Gasteiger partial charge in [-0.15, -0.1) is 0 Å². The highest BCUT2D eigenvalue weighted by Crippen LogP contribution is 2.32. The number of non-ortho nitro benzene ring substituents is 1. The van der Waals surface area contributed by atoms with Crippen LogP contribution in [0.25, 0.3) is 0 Å². The van der Waals surface area contributed by atoms with Crippen molar-refractivity contribution in [2.45, 2.75) is 56.4 Å². The van der Waals surface area contributed by atoms with Crippen LogP contribution in [0.5, 0.6) is 0 Å². The third-order valence-electron chi connectivity index (χ3n) is 4.23. The summed E-state index contributed by atoms with van der Waals surface area (Å²) in [6.45, 7) is 2.16. The summed E-state index contributed by atoms with van der Waals surface area (Å²) in [5.41, 5.74) is 1.22. The van der Waals surface area contributed by atoms with Crippen molar-refractivity contribution < 1.29 is 4.92 Å². The average molecular weight is 308 g/mol. The van der Waals surface area contributed by atoms with Gasteiger partial charge in [0.1, 0.15) is 0 Å². The molecule has 5 heteroatoms. The maximum atomic E-state index is 11.0. The number of thioether (sulfide) groups is 1. The minimum absolute atomic E-state index is 0.184. The van der Waals surface area contributed by atoms with Gasteiger partial charge in [-0.1, -0.05) is 31.9 Å². The molecule has 1 aromatic carbocycles. The van der Waals surface area contributed by atoms with Crippen LogP contribution in [0.1, 0.15) is 50.6 Å². The van der Waals surface area contributed by atoms with Crippen LogP contribution in [-0.2, 0) is 0 Å². The van der Waals surface area contributed by atoms with Crippen LogP contribution in [0.3, 0.4) is 0 Å². The van der Waals surface area contributed by atoms with Gasteiger partial charge in [0.2, 0.25) is 0 Å². The predicted octanol–water partition coefficient (Wildman–Crippen LogP) is 4.31. The highest BCUT2D eigenvalue weighted by Gasteiger charge is 2.28. The van der Waals surface area contributed by atoms with E-state index in [2.05, 4.69) is 18.5 Å². The molecule has 1 aromatic rings. The molecule has 4 nitrogen and oxygen atoms in total. The fourth-order valence-corrected chi connectivity index (χ4v) is 4.09. The maximum absolute atomic E-state index is 11.0. The predicted molar refractivity (Wildman–Crippen MR) is 88.8 cm³/mol. The number of nitro groups is 1. The zero-order valence-electron chi connectivity index (χ0n) is 12.7. The third-order valence-corrected chi connectivity index (χ3v) is 5.40. The van der Waals surface area contributed by atoms with Gasteiger partial charge in [-0.2, -0.15) is 11.8 Å². The van der Waals surface area contributed by atoms with Gasteiger partial charge in [0.15, 0.2) is 0 Å². The zero-order chi connectivity index (χ0) is 15.2. The van der Waals surface area contributed by atoms with Crippen LogP contribution in [0.2, 0.25) is 0 Å². The molecule has 3 atom stereocenters. The lowest BCUT2D eigenvalue weighted by Gasteiger charge is -2.26. The number of nitrogens with zero attached hydrogens (tertiary/aromatic N) is 1. The van der Waals surface area contributed by atoms with Crippen molar-refractivity contribution in [1.82, 2.24) is 5.32 Å². The number of nitrogens with one attached hydrogen (secondary N) is 1. The highest BCUT2D eigenvalue weighted by molar-refractivity contribution is 7.99. The molecule has 1 fully saturated rings. The number of rotatable bonds is 7. The second kappa shape index (κ2) is 7.80. The second-order valence-corrected chi connectivity index (χ2v) is 6.75. The number of hydrogen-bond acceptors (Lipinski definition) is 4. The number of benzene rings is 1. The lowest BCUT2D eigenvalue weighted by Crippen LogP contribution is -2.37. The fourth-order valence-electron chi connectivity index (χ4n) is 3.15. The number of nitro benzene ring substituents is 1. The monoisotopic (exact) mass is 308 g/mol. The molecule has 116 valence electrons. The van der Waals surface area contributed by atoms with Gasteiger partial charge in [-0.3, -0.25) is 10.1 Å². The molecular formula is C16H24N2O2S. The summed E-state index contributed by atoms with van der Waals surface area (Å²) < 4.78 is 0. The van der Waals surface area contributed by atoms with Crippen molar-refractivity contribution in [3.63, 3.8) is 0 Å². The van der Waals surface area contributed by atoms with Gasteiger partial charge in [-0.25, -0.2) is 0 Å². The van der Waals surface area contributed by atoms with Crippen molar-refractivity contribution in [3.8, 4) is 0 Å². The molecule has 0 spiro atoms. The van der Waals surface area contributed by atoms with E-state index in [1.807, 2.05) is 17.8 Å². The van der Waals surface area contributed by atoms with Gasteiger partial charge >= 0.3 is 0 Å². The lowest BCUT2D eigenvalue weighted by atomic mass is 10.0. The van der Waals surface area contributed by atoms with Crippen molar-refractivity contribution >= 4 is 17.4 Å². The van der Waals surface area contributed by atoms with Gasteiger partial charge in [0.05, 0.1) is 4.92 Å². The molecule has 21 heavy (non-hydrogen) atoms. The van der Waals surface area contributed by atoms with Gasteiger partial charge < -0.3 is 5.32 Å². The van der Waals surface area contributed by atoms with Crippen LogP contribution in [-0.4, -0.2) is 22.5 Å². The van der Waals surface area contributed by atoms with Crippen LogP contribution in [0, 0.1) is 10.1 Å². The quantitative estimate of drug-likeness (QED) is 0.602. The van der Waals surface area contributed by atoms with Gasteiger partial charge in [-0.05, 0) is 31.1 Å². The molecule has 0 saturated heterocycles. The molecule has 0 aromatic heterocycles. The minimum Gasteiger partial charge on any atom is -0.306 e. The fraction of sp³-hybridized carbons (Fsp3) is 0.625. The Bertz CT molecular complexity index is 481. The number of hydrogen-bond donors (Lipinski definition) is 1. The Balaban J connectivity index is 2.14. The molecule has 1 saturated carbocycles. The van der Waals surface area contributed by atoms with E-state index in [9.17, 15) is 10.1 Å². The Morgan fingerprint density at radius 3 is 2.95 bits per heavy atom.